The van der Waals surface area contributed by atoms with Gasteiger partial charge in [0.1, 0.15) is 0 Å². The molecule has 1 saturated carbocycles. The van der Waals surface area contributed by atoms with E-state index in [1.165, 1.54) is 19.3 Å². The molecule has 0 aromatic heterocycles. The second-order valence-corrected chi connectivity index (χ2v) is 4.59. The van der Waals surface area contributed by atoms with Crippen molar-refractivity contribution in [2.75, 3.05) is 6.54 Å². The summed E-state index contributed by atoms with van der Waals surface area (Å²) in [6.45, 7) is 4.70. The molecule has 1 aliphatic carbocycles. The third kappa shape index (κ3) is 3.29. The van der Waals surface area contributed by atoms with Crippen LogP contribution in [0.2, 0.25) is 0 Å². The van der Waals surface area contributed by atoms with E-state index in [2.05, 4.69) is 12.2 Å². The standard InChI is InChI=1S/C11H22N2O/c1-8(7-12)6-11(14)13-9(2)10-4-3-5-10/h8-10H,3-7,12H2,1-2H3,(H,13,14). The Morgan fingerprint density at radius 1 is 1.50 bits per heavy atom. The molecule has 82 valence electrons. The second kappa shape index (κ2) is 5.35. The Labute approximate surface area is 86.4 Å². The van der Waals surface area contributed by atoms with Crippen molar-refractivity contribution in [1.29, 1.82) is 0 Å². The zero-order chi connectivity index (χ0) is 10.6. The largest absolute Gasteiger partial charge is 0.353 e. The van der Waals surface area contributed by atoms with Gasteiger partial charge in [-0.15, -0.1) is 0 Å². The second-order valence-electron chi connectivity index (χ2n) is 4.59. The molecule has 0 aromatic rings. The molecule has 1 amide bonds. The van der Waals surface area contributed by atoms with Crippen LogP contribution in [-0.2, 0) is 4.79 Å². The lowest BCUT2D eigenvalue weighted by Crippen LogP contribution is -2.41. The van der Waals surface area contributed by atoms with Gasteiger partial charge in [0.25, 0.3) is 0 Å². The number of carbonyl (C=O) groups excluding carboxylic acids is 1. The van der Waals surface area contributed by atoms with Crippen molar-refractivity contribution < 1.29 is 4.79 Å². The van der Waals surface area contributed by atoms with Gasteiger partial charge in [-0.1, -0.05) is 13.3 Å². The molecule has 1 fully saturated rings. The smallest absolute Gasteiger partial charge is 0.220 e. The average Bonchev–Trinajstić information content (AvgIpc) is 1.99. The van der Waals surface area contributed by atoms with Gasteiger partial charge in [0.05, 0.1) is 0 Å². The first kappa shape index (κ1) is 11.5. The summed E-state index contributed by atoms with van der Waals surface area (Å²) in [5.74, 6) is 1.16. The van der Waals surface area contributed by atoms with Gasteiger partial charge in [0.2, 0.25) is 5.91 Å². The molecule has 0 aromatic carbocycles. The number of rotatable bonds is 5. The maximum Gasteiger partial charge on any atom is 0.220 e. The summed E-state index contributed by atoms with van der Waals surface area (Å²) in [5.41, 5.74) is 5.47. The van der Waals surface area contributed by atoms with E-state index >= 15 is 0 Å². The highest BCUT2D eigenvalue weighted by molar-refractivity contribution is 5.76. The quantitative estimate of drug-likeness (QED) is 0.699. The molecule has 0 radical (unpaired) electrons. The first-order valence-corrected chi connectivity index (χ1v) is 5.63. The highest BCUT2D eigenvalue weighted by atomic mass is 16.1. The van der Waals surface area contributed by atoms with E-state index in [0.717, 1.165) is 0 Å². The highest BCUT2D eigenvalue weighted by Gasteiger charge is 2.24. The molecule has 0 bridgehead atoms. The summed E-state index contributed by atoms with van der Waals surface area (Å²) < 4.78 is 0. The number of nitrogens with two attached hydrogens (primary N) is 1. The monoisotopic (exact) mass is 198 g/mol. The van der Waals surface area contributed by atoms with Gasteiger partial charge in [0.15, 0.2) is 0 Å². The van der Waals surface area contributed by atoms with Gasteiger partial charge in [-0.2, -0.15) is 0 Å². The van der Waals surface area contributed by atoms with Crippen LogP contribution in [0.4, 0.5) is 0 Å². The first-order chi connectivity index (χ1) is 6.63. The lowest BCUT2D eigenvalue weighted by Gasteiger charge is -2.32. The molecule has 3 nitrogen and oxygen atoms in total. The normalized spacial score (nSPS) is 21.1. The summed E-state index contributed by atoms with van der Waals surface area (Å²) >= 11 is 0. The van der Waals surface area contributed by atoms with Crippen LogP contribution in [0.5, 0.6) is 0 Å². The Bertz CT molecular complexity index is 190. The molecule has 0 heterocycles. The summed E-state index contributed by atoms with van der Waals surface area (Å²) in [5, 5.41) is 3.05. The van der Waals surface area contributed by atoms with E-state index in [1.54, 1.807) is 0 Å². The summed E-state index contributed by atoms with van der Waals surface area (Å²) in [7, 11) is 0. The zero-order valence-corrected chi connectivity index (χ0v) is 9.25. The van der Waals surface area contributed by atoms with Crippen LogP contribution in [-0.4, -0.2) is 18.5 Å². The lowest BCUT2D eigenvalue weighted by atomic mass is 9.80. The van der Waals surface area contributed by atoms with Crippen LogP contribution in [0.15, 0.2) is 0 Å². The molecule has 3 heteroatoms. The van der Waals surface area contributed by atoms with Gasteiger partial charge in [-0.05, 0) is 38.1 Å². The lowest BCUT2D eigenvalue weighted by molar-refractivity contribution is -0.123. The van der Waals surface area contributed by atoms with Gasteiger partial charge in [-0.3, -0.25) is 4.79 Å². The van der Waals surface area contributed by atoms with Crippen molar-refractivity contribution in [3.8, 4) is 0 Å². The average molecular weight is 198 g/mol. The van der Waals surface area contributed by atoms with Gasteiger partial charge in [0, 0.05) is 12.5 Å². The van der Waals surface area contributed by atoms with Crippen molar-refractivity contribution in [2.45, 2.75) is 45.6 Å². The minimum Gasteiger partial charge on any atom is -0.353 e. The number of carbonyl (C=O) groups is 1. The minimum absolute atomic E-state index is 0.155. The van der Waals surface area contributed by atoms with Gasteiger partial charge >= 0.3 is 0 Å². The van der Waals surface area contributed by atoms with Gasteiger partial charge in [-0.25, -0.2) is 0 Å². The van der Waals surface area contributed by atoms with Crippen molar-refractivity contribution in [3.63, 3.8) is 0 Å². The molecule has 0 aliphatic heterocycles. The minimum atomic E-state index is 0.155. The Hall–Kier alpha value is -0.570. The predicted molar refractivity (Wildman–Crippen MR) is 57.8 cm³/mol. The molecule has 0 spiro atoms. The van der Waals surface area contributed by atoms with Crippen LogP contribution in [0.3, 0.4) is 0 Å². The SMILES string of the molecule is CC(CN)CC(=O)NC(C)C1CCC1. The van der Waals surface area contributed by atoms with Gasteiger partial charge < -0.3 is 11.1 Å². The Morgan fingerprint density at radius 3 is 2.57 bits per heavy atom. The molecular formula is C11H22N2O. The Kier molecular flexibility index (Phi) is 4.39. The topological polar surface area (TPSA) is 55.1 Å². The van der Waals surface area contributed by atoms with E-state index in [4.69, 9.17) is 5.73 Å². The van der Waals surface area contributed by atoms with Crippen LogP contribution in [0.25, 0.3) is 0 Å². The summed E-state index contributed by atoms with van der Waals surface area (Å²) in [4.78, 5) is 11.5. The van der Waals surface area contributed by atoms with Crippen LogP contribution < -0.4 is 11.1 Å². The molecule has 3 N–H and O–H groups in total. The van der Waals surface area contributed by atoms with E-state index < -0.39 is 0 Å². The third-order valence-corrected chi connectivity index (χ3v) is 3.18. The van der Waals surface area contributed by atoms with Crippen molar-refractivity contribution in [2.24, 2.45) is 17.6 Å². The van der Waals surface area contributed by atoms with E-state index in [-0.39, 0.29) is 5.91 Å². The highest BCUT2D eigenvalue weighted by Crippen LogP contribution is 2.29. The molecule has 2 unspecified atom stereocenters. The fourth-order valence-electron chi connectivity index (χ4n) is 1.77. The number of hydrogen-bond acceptors (Lipinski definition) is 2. The Balaban J connectivity index is 2.18. The predicted octanol–water partition coefficient (Wildman–Crippen LogP) is 1.28. The fourth-order valence-corrected chi connectivity index (χ4v) is 1.77. The zero-order valence-electron chi connectivity index (χ0n) is 9.25. The molecule has 2 atom stereocenters. The number of nitrogens with one attached hydrogen (secondary N) is 1. The summed E-state index contributed by atoms with van der Waals surface area (Å²) in [6, 6.07) is 0.348. The third-order valence-electron chi connectivity index (χ3n) is 3.18. The van der Waals surface area contributed by atoms with Crippen LogP contribution in [0, 0.1) is 11.8 Å². The first-order valence-electron chi connectivity index (χ1n) is 5.63. The number of hydrogen-bond donors (Lipinski definition) is 2. The van der Waals surface area contributed by atoms with E-state index in [0.29, 0.717) is 30.8 Å². The molecule has 1 rings (SSSR count). The maximum atomic E-state index is 11.5. The number of amides is 1. The fraction of sp³-hybridized carbons (Fsp3) is 0.909. The Morgan fingerprint density at radius 2 is 2.14 bits per heavy atom. The van der Waals surface area contributed by atoms with Crippen LogP contribution >= 0.6 is 0 Å². The van der Waals surface area contributed by atoms with Crippen molar-refractivity contribution in [1.82, 2.24) is 5.32 Å². The molecule has 1 aliphatic rings. The molecule has 0 saturated heterocycles. The maximum absolute atomic E-state index is 11.5. The molecule has 14 heavy (non-hydrogen) atoms. The van der Waals surface area contributed by atoms with Crippen molar-refractivity contribution in [3.05, 3.63) is 0 Å². The summed E-state index contributed by atoms with van der Waals surface area (Å²) in [6.07, 6.45) is 4.43. The van der Waals surface area contributed by atoms with E-state index in [1.807, 2.05) is 6.92 Å². The van der Waals surface area contributed by atoms with E-state index in [9.17, 15) is 4.79 Å². The van der Waals surface area contributed by atoms with Crippen molar-refractivity contribution >= 4 is 5.91 Å². The van der Waals surface area contributed by atoms with Crippen LogP contribution in [0.1, 0.15) is 39.5 Å². The molecular weight excluding hydrogens is 176 g/mol.